The molecular weight excluding hydrogens is 316 g/mol. The molecule has 0 aromatic carbocycles. The van der Waals surface area contributed by atoms with Crippen LogP contribution in [0.4, 0.5) is 5.13 Å². The molecule has 1 aliphatic heterocycles. The van der Waals surface area contributed by atoms with Crippen LogP contribution < -0.4 is 5.32 Å². The van der Waals surface area contributed by atoms with E-state index in [4.69, 9.17) is 0 Å². The van der Waals surface area contributed by atoms with Gasteiger partial charge in [-0.15, -0.1) is 11.3 Å². The Hall–Kier alpha value is -1.44. The zero-order valence-electron chi connectivity index (χ0n) is 12.4. The molecule has 22 heavy (non-hydrogen) atoms. The highest BCUT2D eigenvalue weighted by atomic mass is 32.2. The Labute approximate surface area is 138 Å². The van der Waals surface area contributed by atoms with Gasteiger partial charge in [0, 0.05) is 23.4 Å². The number of carbonyl (C=O) groups excluding carboxylic acids is 1. The molecule has 7 heteroatoms. The molecule has 0 spiro atoms. The van der Waals surface area contributed by atoms with Crippen LogP contribution in [-0.4, -0.2) is 51.9 Å². The molecule has 2 aromatic rings. The fourth-order valence-corrected chi connectivity index (χ4v) is 4.37. The molecule has 5 nitrogen and oxygen atoms in total. The van der Waals surface area contributed by atoms with Crippen molar-refractivity contribution in [1.29, 1.82) is 0 Å². The summed E-state index contributed by atoms with van der Waals surface area (Å²) in [6.07, 6.45) is 2.90. The third-order valence-electron chi connectivity index (χ3n) is 3.60. The lowest BCUT2D eigenvalue weighted by Crippen LogP contribution is -2.37. The van der Waals surface area contributed by atoms with E-state index in [2.05, 4.69) is 20.2 Å². The zero-order chi connectivity index (χ0) is 15.4. The van der Waals surface area contributed by atoms with Crippen molar-refractivity contribution in [2.75, 3.05) is 30.4 Å². The maximum atomic E-state index is 12.1. The van der Waals surface area contributed by atoms with Crippen LogP contribution in [0.2, 0.25) is 0 Å². The Balaban J connectivity index is 1.57. The standard InChI is InChI=1S/C15H18N4OS2/c1-19(11-5-7-21-9-11)8-14(20)18-15-17-13(10-22-15)12-4-2-3-6-16-12/h2-4,6,10-11H,5,7-9H2,1H3,(H,17,18,20)/t11-/m0/s1. The van der Waals surface area contributed by atoms with Crippen LogP contribution in [0.15, 0.2) is 29.8 Å². The number of nitrogens with zero attached hydrogens (tertiary/aromatic N) is 3. The third kappa shape index (κ3) is 3.85. The number of rotatable bonds is 5. The molecule has 1 saturated heterocycles. The molecular formula is C15H18N4OS2. The van der Waals surface area contributed by atoms with Crippen LogP contribution in [0, 0.1) is 0 Å². The second-order valence-electron chi connectivity index (χ2n) is 5.23. The number of likely N-dealkylation sites (N-methyl/N-ethyl adjacent to an activating group) is 1. The van der Waals surface area contributed by atoms with Crippen molar-refractivity contribution < 1.29 is 4.79 Å². The van der Waals surface area contributed by atoms with E-state index < -0.39 is 0 Å². The van der Waals surface area contributed by atoms with Crippen molar-refractivity contribution in [1.82, 2.24) is 14.9 Å². The van der Waals surface area contributed by atoms with Crippen molar-refractivity contribution in [3.8, 4) is 11.4 Å². The van der Waals surface area contributed by atoms with Gasteiger partial charge < -0.3 is 5.32 Å². The first-order chi connectivity index (χ1) is 10.7. The second-order valence-corrected chi connectivity index (χ2v) is 7.24. The average Bonchev–Trinajstić information content (AvgIpc) is 3.19. The molecule has 0 aliphatic carbocycles. The molecule has 0 saturated carbocycles. The van der Waals surface area contributed by atoms with Gasteiger partial charge in [-0.1, -0.05) is 6.07 Å². The fourth-order valence-electron chi connectivity index (χ4n) is 2.35. The highest BCUT2D eigenvalue weighted by Crippen LogP contribution is 2.24. The number of hydrogen-bond donors (Lipinski definition) is 1. The normalized spacial score (nSPS) is 17.8. The number of thiazole rings is 1. The maximum absolute atomic E-state index is 12.1. The molecule has 3 heterocycles. The lowest BCUT2D eigenvalue weighted by atomic mass is 10.2. The number of aromatic nitrogens is 2. The van der Waals surface area contributed by atoms with Gasteiger partial charge in [0.05, 0.1) is 12.2 Å². The van der Waals surface area contributed by atoms with E-state index in [0.717, 1.165) is 23.6 Å². The first-order valence-electron chi connectivity index (χ1n) is 7.17. The Morgan fingerprint density at radius 1 is 1.45 bits per heavy atom. The number of hydrogen-bond acceptors (Lipinski definition) is 6. The van der Waals surface area contributed by atoms with E-state index in [1.165, 1.54) is 17.1 Å². The topological polar surface area (TPSA) is 58.1 Å². The van der Waals surface area contributed by atoms with Crippen molar-refractivity contribution >= 4 is 34.1 Å². The number of pyridine rings is 1. The number of nitrogens with one attached hydrogen (secondary N) is 1. The van der Waals surface area contributed by atoms with Gasteiger partial charge in [-0.3, -0.25) is 14.7 Å². The first-order valence-corrected chi connectivity index (χ1v) is 9.20. The summed E-state index contributed by atoms with van der Waals surface area (Å²) in [5.74, 6) is 2.29. The molecule has 0 unspecified atom stereocenters. The Kier molecular flexibility index (Phi) is 5.07. The predicted octanol–water partition coefficient (Wildman–Crippen LogP) is 2.58. The summed E-state index contributed by atoms with van der Waals surface area (Å²) >= 11 is 3.38. The molecule has 0 bridgehead atoms. The lowest BCUT2D eigenvalue weighted by Gasteiger charge is -2.22. The first kappa shape index (κ1) is 15.5. The average molecular weight is 334 g/mol. The SMILES string of the molecule is CN(CC(=O)Nc1nc(-c2ccccn2)cs1)[C@H]1CCSC1. The smallest absolute Gasteiger partial charge is 0.240 e. The van der Waals surface area contributed by atoms with Gasteiger partial charge in [0.25, 0.3) is 0 Å². The summed E-state index contributed by atoms with van der Waals surface area (Å²) in [5, 5.41) is 5.42. The molecule has 3 rings (SSSR count). The van der Waals surface area contributed by atoms with Gasteiger partial charge in [-0.25, -0.2) is 4.98 Å². The van der Waals surface area contributed by atoms with E-state index in [-0.39, 0.29) is 5.91 Å². The molecule has 1 amide bonds. The monoisotopic (exact) mass is 334 g/mol. The quantitative estimate of drug-likeness (QED) is 0.911. The van der Waals surface area contributed by atoms with E-state index in [9.17, 15) is 4.79 Å². The Morgan fingerprint density at radius 3 is 3.09 bits per heavy atom. The molecule has 1 aliphatic rings. The van der Waals surface area contributed by atoms with E-state index in [1.807, 2.05) is 42.4 Å². The summed E-state index contributed by atoms with van der Waals surface area (Å²) in [7, 11) is 2.01. The molecule has 2 aromatic heterocycles. The van der Waals surface area contributed by atoms with Gasteiger partial charge >= 0.3 is 0 Å². The largest absolute Gasteiger partial charge is 0.301 e. The summed E-state index contributed by atoms with van der Waals surface area (Å²) in [6, 6.07) is 6.22. The summed E-state index contributed by atoms with van der Waals surface area (Å²) in [6.45, 7) is 0.406. The van der Waals surface area contributed by atoms with Crippen LogP contribution in [0.25, 0.3) is 11.4 Å². The number of carbonyl (C=O) groups is 1. The zero-order valence-corrected chi connectivity index (χ0v) is 14.0. The molecule has 1 fully saturated rings. The molecule has 116 valence electrons. The Morgan fingerprint density at radius 2 is 2.36 bits per heavy atom. The highest BCUT2D eigenvalue weighted by molar-refractivity contribution is 7.99. The minimum atomic E-state index is -0.0127. The van der Waals surface area contributed by atoms with Gasteiger partial charge in [-0.2, -0.15) is 11.8 Å². The fraction of sp³-hybridized carbons (Fsp3) is 0.400. The predicted molar refractivity (Wildman–Crippen MR) is 92.3 cm³/mol. The number of thioether (sulfide) groups is 1. The summed E-state index contributed by atoms with van der Waals surface area (Å²) in [5.41, 5.74) is 1.61. The second kappa shape index (κ2) is 7.21. The van der Waals surface area contributed by atoms with Crippen LogP contribution in [0.3, 0.4) is 0 Å². The van der Waals surface area contributed by atoms with E-state index in [0.29, 0.717) is 17.7 Å². The van der Waals surface area contributed by atoms with Crippen molar-refractivity contribution in [3.63, 3.8) is 0 Å². The Bertz CT molecular complexity index is 625. The number of anilines is 1. The molecule has 1 N–H and O–H groups in total. The van der Waals surface area contributed by atoms with Crippen molar-refractivity contribution in [2.45, 2.75) is 12.5 Å². The van der Waals surface area contributed by atoms with Gasteiger partial charge in [-0.05, 0) is 31.4 Å². The summed E-state index contributed by atoms with van der Waals surface area (Å²) in [4.78, 5) is 22.9. The van der Waals surface area contributed by atoms with Crippen LogP contribution in [-0.2, 0) is 4.79 Å². The highest BCUT2D eigenvalue weighted by Gasteiger charge is 2.21. The van der Waals surface area contributed by atoms with Crippen molar-refractivity contribution in [3.05, 3.63) is 29.8 Å². The van der Waals surface area contributed by atoms with Crippen molar-refractivity contribution in [2.24, 2.45) is 0 Å². The van der Waals surface area contributed by atoms with E-state index >= 15 is 0 Å². The van der Waals surface area contributed by atoms with Gasteiger partial charge in [0.2, 0.25) is 5.91 Å². The third-order valence-corrected chi connectivity index (χ3v) is 5.50. The number of amides is 1. The van der Waals surface area contributed by atoms with Crippen LogP contribution >= 0.6 is 23.1 Å². The molecule has 1 atom stereocenters. The molecule has 0 radical (unpaired) electrons. The minimum absolute atomic E-state index is 0.0127. The van der Waals surface area contributed by atoms with Crippen LogP contribution in [0.5, 0.6) is 0 Å². The summed E-state index contributed by atoms with van der Waals surface area (Å²) < 4.78 is 0. The van der Waals surface area contributed by atoms with E-state index in [1.54, 1.807) is 6.20 Å². The van der Waals surface area contributed by atoms with Gasteiger partial charge in [0.15, 0.2) is 5.13 Å². The van der Waals surface area contributed by atoms with Crippen LogP contribution in [0.1, 0.15) is 6.42 Å². The maximum Gasteiger partial charge on any atom is 0.240 e. The van der Waals surface area contributed by atoms with Gasteiger partial charge in [0.1, 0.15) is 5.69 Å². The lowest BCUT2D eigenvalue weighted by molar-refractivity contribution is -0.117. The minimum Gasteiger partial charge on any atom is -0.301 e.